The normalized spacial score (nSPS) is 19.8. The topological polar surface area (TPSA) is 92.9 Å². The molecule has 0 aromatic rings. The predicted octanol–water partition coefficient (Wildman–Crippen LogP) is 0.208. The Bertz CT molecular complexity index is 283. The molecule has 0 aromatic carbocycles. The van der Waals surface area contributed by atoms with Crippen LogP contribution in [0.15, 0.2) is 0 Å². The molecule has 6 heteroatoms. The van der Waals surface area contributed by atoms with Crippen molar-refractivity contribution >= 4 is 11.9 Å². The molecule has 0 aromatic heterocycles. The Balaban J connectivity index is 2.42. The molecule has 0 bridgehead atoms. The van der Waals surface area contributed by atoms with Crippen LogP contribution < -0.4 is 5.73 Å². The van der Waals surface area contributed by atoms with Gasteiger partial charge in [-0.2, -0.15) is 0 Å². The third kappa shape index (κ3) is 5.01. The molecule has 1 aliphatic heterocycles. The summed E-state index contributed by atoms with van der Waals surface area (Å²) in [5, 5.41) is 8.70. The standard InChI is InChI=1S/C12H22N2O4/c13-6-8-18-9-11(15)14-7-2-1-3-10(14)4-5-12(16)17/h10H,1-9,13H2,(H,16,17). The first-order valence-corrected chi connectivity index (χ1v) is 6.44. The molecule has 1 unspecified atom stereocenters. The number of likely N-dealkylation sites (tertiary alicyclic amines) is 1. The van der Waals surface area contributed by atoms with Crippen LogP contribution in [0.5, 0.6) is 0 Å². The minimum absolute atomic E-state index is 0.0424. The van der Waals surface area contributed by atoms with Gasteiger partial charge in [-0.05, 0) is 25.7 Å². The summed E-state index contributed by atoms with van der Waals surface area (Å²) in [5.74, 6) is -0.870. The number of nitrogens with zero attached hydrogens (tertiary/aromatic N) is 1. The second-order valence-corrected chi connectivity index (χ2v) is 4.51. The third-order valence-corrected chi connectivity index (χ3v) is 3.13. The van der Waals surface area contributed by atoms with Gasteiger partial charge in [-0.25, -0.2) is 0 Å². The van der Waals surface area contributed by atoms with Crippen molar-refractivity contribution < 1.29 is 19.4 Å². The lowest BCUT2D eigenvalue weighted by atomic mass is 9.98. The molecule has 0 aliphatic carbocycles. The van der Waals surface area contributed by atoms with Gasteiger partial charge in [0.05, 0.1) is 6.61 Å². The van der Waals surface area contributed by atoms with E-state index in [1.165, 1.54) is 0 Å². The van der Waals surface area contributed by atoms with Crippen LogP contribution in [0.4, 0.5) is 0 Å². The number of ether oxygens (including phenoxy) is 1. The van der Waals surface area contributed by atoms with E-state index in [-0.39, 0.29) is 25.0 Å². The first kappa shape index (κ1) is 14.9. The van der Waals surface area contributed by atoms with Crippen LogP contribution in [0.25, 0.3) is 0 Å². The van der Waals surface area contributed by atoms with Gasteiger partial charge in [0.25, 0.3) is 0 Å². The van der Waals surface area contributed by atoms with Gasteiger partial charge in [0.1, 0.15) is 6.61 Å². The van der Waals surface area contributed by atoms with Crippen molar-refractivity contribution in [1.29, 1.82) is 0 Å². The highest BCUT2D eigenvalue weighted by molar-refractivity contribution is 5.78. The molecule has 1 aliphatic rings. The lowest BCUT2D eigenvalue weighted by molar-refractivity contribution is -0.142. The van der Waals surface area contributed by atoms with Crippen molar-refractivity contribution in [2.45, 2.75) is 38.1 Å². The summed E-state index contributed by atoms with van der Waals surface area (Å²) in [6.45, 7) is 1.52. The molecule has 18 heavy (non-hydrogen) atoms. The molecule has 1 fully saturated rings. The smallest absolute Gasteiger partial charge is 0.303 e. The maximum Gasteiger partial charge on any atom is 0.303 e. The lowest BCUT2D eigenvalue weighted by Gasteiger charge is -2.35. The average Bonchev–Trinajstić information content (AvgIpc) is 2.37. The molecule has 1 saturated heterocycles. The molecule has 0 spiro atoms. The Labute approximate surface area is 107 Å². The van der Waals surface area contributed by atoms with Crippen LogP contribution in [-0.4, -0.2) is 54.2 Å². The SMILES string of the molecule is NCCOCC(=O)N1CCCCC1CCC(=O)O. The fraction of sp³-hybridized carbons (Fsp3) is 0.833. The summed E-state index contributed by atoms with van der Waals surface area (Å²) in [5.41, 5.74) is 5.29. The quantitative estimate of drug-likeness (QED) is 0.637. The van der Waals surface area contributed by atoms with E-state index >= 15 is 0 Å². The van der Waals surface area contributed by atoms with E-state index in [4.69, 9.17) is 15.6 Å². The zero-order chi connectivity index (χ0) is 13.4. The maximum absolute atomic E-state index is 11.9. The van der Waals surface area contributed by atoms with E-state index in [1.54, 1.807) is 4.90 Å². The Kier molecular flexibility index (Phi) is 6.67. The van der Waals surface area contributed by atoms with Gasteiger partial charge in [-0.3, -0.25) is 9.59 Å². The monoisotopic (exact) mass is 258 g/mol. The molecule has 0 radical (unpaired) electrons. The van der Waals surface area contributed by atoms with Crippen LogP contribution in [0.1, 0.15) is 32.1 Å². The van der Waals surface area contributed by atoms with Gasteiger partial charge in [0.2, 0.25) is 5.91 Å². The summed E-state index contributed by atoms with van der Waals surface area (Å²) in [4.78, 5) is 24.3. The van der Waals surface area contributed by atoms with Gasteiger partial charge >= 0.3 is 5.97 Å². The molecule has 1 heterocycles. The summed E-state index contributed by atoms with van der Waals surface area (Å²) in [6.07, 6.45) is 3.55. The number of carboxylic acid groups (broad SMARTS) is 1. The van der Waals surface area contributed by atoms with Crippen LogP contribution in [0, 0.1) is 0 Å². The highest BCUT2D eigenvalue weighted by atomic mass is 16.5. The van der Waals surface area contributed by atoms with Gasteiger partial charge < -0.3 is 20.5 Å². The Morgan fingerprint density at radius 3 is 2.83 bits per heavy atom. The molecule has 1 amide bonds. The lowest BCUT2D eigenvalue weighted by Crippen LogP contribution is -2.45. The van der Waals surface area contributed by atoms with Crippen molar-refractivity contribution in [3.8, 4) is 0 Å². The number of piperidine rings is 1. The molecule has 1 atom stereocenters. The van der Waals surface area contributed by atoms with Crippen molar-refractivity contribution in [2.75, 3.05) is 26.3 Å². The number of nitrogens with two attached hydrogens (primary N) is 1. The molecule has 6 nitrogen and oxygen atoms in total. The second-order valence-electron chi connectivity index (χ2n) is 4.51. The van der Waals surface area contributed by atoms with E-state index in [0.717, 1.165) is 19.3 Å². The van der Waals surface area contributed by atoms with E-state index in [2.05, 4.69) is 0 Å². The van der Waals surface area contributed by atoms with Gasteiger partial charge in [-0.15, -0.1) is 0 Å². The Morgan fingerprint density at radius 1 is 1.39 bits per heavy atom. The zero-order valence-corrected chi connectivity index (χ0v) is 10.6. The fourth-order valence-electron chi connectivity index (χ4n) is 2.24. The number of amides is 1. The predicted molar refractivity (Wildman–Crippen MR) is 66.1 cm³/mol. The highest BCUT2D eigenvalue weighted by Crippen LogP contribution is 2.21. The average molecular weight is 258 g/mol. The van der Waals surface area contributed by atoms with Gasteiger partial charge in [-0.1, -0.05) is 0 Å². The van der Waals surface area contributed by atoms with Crippen molar-refractivity contribution in [2.24, 2.45) is 5.73 Å². The third-order valence-electron chi connectivity index (χ3n) is 3.13. The summed E-state index contributed by atoms with van der Waals surface area (Å²) >= 11 is 0. The summed E-state index contributed by atoms with van der Waals surface area (Å²) in [6, 6.07) is 0.0452. The molecule has 104 valence electrons. The van der Waals surface area contributed by atoms with Crippen LogP contribution in [0.2, 0.25) is 0 Å². The Hall–Kier alpha value is -1.14. The highest BCUT2D eigenvalue weighted by Gasteiger charge is 2.26. The molecular formula is C12H22N2O4. The van der Waals surface area contributed by atoms with Gasteiger partial charge in [0, 0.05) is 25.6 Å². The van der Waals surface area contributed by atoms with Crippen molar-refractivity contribution in [1.82, 2.24) is 4.90 Å². The van der Waals surface area contributed by atoms with E-state index in [9.17, 15) is 9.59 Å². The zero-order valence-electron chi connectivity index (χ0n) is 10.6. The number of carboxylic acids is 1. The van der Waals surface area contributed by atoms with E-state index in [0.29, 0.717) is 26.1 Å². The number of rotatable bonds is 7. The summed E-state index contributed by atoms with van der Waals surface area (Å²) in [7, 11) is 0. The molecular weight excluding hydrogens is 236 g/mol. The van der Waals surface area contributed by atoms with Crippen molar-refractivity contribution in [3.63, 3.8) is 0 Å². The minimum atomic E-state index is -0.813. The first-order chi connectivity index (χ1) is 8.65. The minimum Gasteiger partial charge on any atom is -0.481 e. The number of hydrogen-bond acceptors (Lipinski definition) is 4. The first-order valence-electron chi connectivity index (χ1n) is 6.44. The fourth-order valence-corrected chi connectivity index (χ4v) is 2.24. The number of carbonyl (C=O) groups excluding carboxylic acids is 1. The van der Waals surface area contributed by atoms with E-state index < -0.39 is 5.97 Å². The van der Waals surface area contributed by atoms with Crippen molar-refractivity contribution in [3.05, 3.63) is 0 Å². The molecule has 1 rings (SSSR count). The molecule has 3 N–H and O–H groups in total. The van der Waals surface area contributed by atoms with E-state index in [1.807, 2.05) is 0 Å². The number of carbonyl (C=O) groups is 2. The van der Waals surface area contributed by atoms with Crippen LogP contribution in [-0.2, 0) is 14.3 Å². The maximum atomic E-state index is 11.9. The Morgan fingerprint density at radius 2 is 2.17 bits per heavy atom. The van der Waals surface area contributed by atoms with Crippen LogP contribution >= 0.6 is 0 Å². The molecule has 0 saturated carbocycles. The largest absolute Gasteiger partial charge is 0.481 e. The summed E-state index contributed by atoms with van der Waals surface area (Å²) < 4.78 is 5.14. The second kappa shape index (κ2) is 8.05. The van der Waals surface area contributed by atoms with Gasteiger partial charge in [0.15, 0.2) is 0 Å². The number of aliphatic carboxylic acids is 1. The number of hydrogen-bond donors (Lipinski definition) is 2. The van der Waals surface area contributed by atoms with Crippen LogP contribution in [0.3, 0.4) is 0 Å².